The van der Waals surface area contributed by atoms with Gasteiger partial charge in [-0.3, -0.25) is 9.59 Å². The lowest BCUT2D eigenvalue weighted by molar-refractivity contribution is -0.168. The number of carboxylic acids is 1. The number of ether oxygens (including phenoxy) is 2. The summed E-state index contributed by atoms with van der Waals surface area (Å²) in [6.07, 6.45) is 0.0354. The highest BCUT2D eigenvalue weighted by Gasteiger charge is 2.42. The normalized spacial score (nSPS) is 13.3. The summed E-state index contributed by atoms with van der Waals surface area (Å²) in [5.41, 5.74) is -1.60. The van der Waals surface area contributed by atoms with Crippen LogP contribution in [-0.4, -0.2) is 30.3 Å². The fourth-order valence-corrected chi connectivity index (χ4v) is 1.89. The molecule has 1 aromatic carbocycles. The summed E-state index contributed by atoms with van der Waals surface area (Å²) in [6, 6.07) is 7.18. The number of esters is 1. The first kappa shape index (κ1) is 16.5. The van der Waals surface area contributed by atoms with Crippen LogP contribution in [0.5, 0.6) is 5.75 Å². The van der Waals surface area contributed by atoms with Crippen molar-refractivity contribution >= 4 is 27.9 Å². The third-order valence-electron chi connectivity index (χ3n) is 2.86. The molecular formula is C14H17BrO5. The number of carboxylic acid groups (broad SMARTS) is 1. The molecule has 110 valence electrons. The minimum Gasteiger partial charge on any atom is -0.494 e. The smallest absolute Gasteiger partial charge is 0.323 e. The largest absolute Gasteiger partial charge is 0.494 e. The molecule has 1 aromatic rings. The van der Waals surface area contributed by atoms with Gasteiger partial charge in [0.15, 0.2) is 5.41 Å². The molecule has 1 atom stereocenters. The van der Waals surface area contributed by atoms with E-state index in [-0.39, 0.29) is 19.6 Å². The van der Waals surface area contributed by atoms with Gasteiger partial charge in [-0.2, -0.15) is 0 Å². The molecule has 1 N–H and O–H groups in total. The van der Waals surface area contributed by atoms with Gasteiger partial charge >= 0.3 is 11.9 Å². The van der Waals surface area contributed by atoms with Crippen LogP contribution in [0.3, 0.4) is 0 Å². The molecule has 1 unspecified atom stereocenters. The van der Waals surface area contributed by atoms with E-state index in [9.17, 15) is 14.7 Å². The Morgan fingerprint density at radius 2 is 2.10 bits per heavy atom. The molecule has 0 spiro atoms. The first-order chi connectivity index (χ1) is 9.40. The lowest BCUT2D eigenvalue weighted by Crippen LogP contribution is -2.39. The quantitative estimate of drug-likeness (QED) is 0.608. The Labute approximate surface area is 126 Å². The number of halogens is 1. The molecule has 1 rings (SSSR count). The maximum absolute atomic E-state index is 11.7. The van der Waals surface area contributed by atoms with Crippen LogP contribution in [0, 0.1) is 5.41 Å². The number of aliphatic carboxylic acids is 1. The summed E-state index contributed by atoms with van der Waals surface area (Å²) in [5.74, 6) is -1.35. The van der Waals surface area contributed by atoms with E-state index in [0.29, 0.717) is 5.75 Å². The summed E-state index contributed by atoms with van der Waals surface area (Å²) in [4.78, 5) is 23.0. The van der Waals surface area contributed by atoms with Crippen molar-refractivity contribution in [2.24, 2.45) is 5.41 Å². The second-order valence-electron chi connectivity index (χ2n) is 4.41. The number of hydrogen-bond donors (Lipinski definition) is 1. The Balaban J connectivity index is 2.64. The van der Waals surface area contributed by atoms with E-state index in [1.165, 1.54) is 6.92 Å². The van der Waals surface area contributed by atoms with Crippen molar-refractivity contribution in [2.45, 2.75) is 20.3 Å². The average molecular weight is 345 g/mol. The topological polar surface area (TPSA) is 72.8 Å². The predicted molar refractivity (Wildman–Crippen MR) is 76.6 cm³/mol. The van der Waals surface area contributed by atoms with Crippen molar-refractivity contribution < 1.29 is 24.2 Å². The van der Waals surface area contributed by atoms with Gasteiger partial charge in [-0.05, 0) is 32.0 Å². The number of hydrogen-bond acceptors (Lipinski definition) is 4. The van der Waals surface area contributed by atoms with E-state index in [0.717, 1.165) is 4.47 Å². The van der Waals surface area contributed by atoms with Crippen LogP contribution in [0.4, 0.5) is 0 Å². The zero-order valence-electron chi connectivity index (χ0n) is 11.4. The zero-order valence-corrected chi connectivity index (χ0v) is 13.0. The van der Waals surface area contributed by atoms with Crippen LogP contribution in [0.2, 0.25) is 0 Å². The summed E-state index contributed by atoms with van der Waals surface area (Å²) in [5, 5.41) is 9.21. The molecule has 0 aliphatic rings. The van der Waals surface area contributed by atoms with Gasteiger partial charge < -0.3 is 14.6 Å². The summed E-state index contributed by atoms with van der Waals surface area (Å²) in [7, 11) is 0. The van der Waals surface area contributed by atoms with E-state index in [2.05, 4.69) is 15.9 Å². The molecule has 0 fully saturated rings. The second-order valence-corrected chi connectivity index (χ2v) is 5.33. The summed E-state index contributed by atoms with van der Waals surface area (Å²) in [6.45, 7) is 3.24. The van der Waals surface area contributed by atoms with Gasteiger partial charge in [0.05, 0.1) is 13.2 Å². The van der Waals surface area contributed by atoms with Crippen molar-refractivity contribution in [3.05, 3.63) is 28.7 Å². The van der Waals surface area contributed by atoms with E-state index in [1.54, 1.807) is 25.1 Å². The molecule has 0 saturated heterocycles. The van der Waals surface area contributed by atoms with Gasteiger partial charge in [0, 0.05) is 10.9 Å². The van der Waals surface area contributed by atoms with Crippen molar-refractivity contribution in [1.29, 1.82) is 0 Å². The van der Waals surface area contributed by atoms with Crippen LogP contribution in [0.25, 0.3) is 0 Å². The van der Waals surface area contributed by atoms with Crippen molar-refractivity contribution in [2.75, 3.05) is 13.2 Å². The first-order valence-corrected chi connectivity index (χ1v) is 6.98. The highest BCUT2D eigenvalue weighted by atomic mass is 79.9. The second kappa shape index (κ2) is 7.28. The SMILES string of the molecule is CCOC(=O)C(C)(CCOc1cccc(Br)c1)C(=O)O. The molecule has 6 heteroatoms. The molecule has 5 nitrogen and oxygen atoms in total. The number of rotatable bonds is 7. The van der Waals surface area contributed by atoms with Crippen LogP contribution in [0.15, 0.2) is 28.7 Å². The van der Waals surface area contributed by atoms with Crippen molar-refractivity contribution in [3.8, 4) is 5.75 Å². The maximum Gasteiger partial charge on any atom is 0.323 e. The standard InChI is InChI=1S/C14H17BrO5/c1-3-19-13(18)14(2,12(16)17)7-8-20-11-6-4-5-10(15)9-11/h4-6,9H,3,7-8H2,1-2H3,(H,16,17). The fraction of sp³-hybridized carbons (Fsp3) is 0.429. The van der Waals surface area contributed by atoms with Crippen LogP contribution >= 0.6 is 15.9 Å². The lowest BCUT2D eigenvalue weighted by Gasteiger charge is -2.22. The number of carbonyl (C=O) groups excluding carboxylic acids is 1. The molecule has 0 radical (unpaired) electrons. The van der Waals surface area contributed by atoms with E-state index in [4.69, 9.17) is 9.47 Å². The van der Waals surface area contributed by atoms with E-state index in [1.807, 2.05) is 6.07 Å². The molecular weight excluding hydrogens is 328 g/mol. The minimum absolute atomic E-state index is 0.0354. The molecule has 0 aliphatic carbocycles. The van der Waals surface area contributed by atoms with E-state index >= 15 is 0 Å². The molecule has 20 heavy (non-hydrogen) atoms. The number of carbonyl (C=O) groups is 2. The van der Waals surface area contributed by atoms with Crippen LogP contribution < -0.4 is 4.74 Å². The highest BCUT2D eigenvalue weighted by Crippen LogP contribution is 2.25. The first-order valence-electron chi connectivity index (χ1n) is 6.19. The third-order valence-corrected chi connectivity index (χ3v) is 3.36. The third kappa shape index (κ3) is 4.23. The van der Waals surface area contributed by atoms with E-state index < -0.39 is 17.4 Å². The fourth-order valence-electron chi connectivity index (χ4n) is 1.52. The summed E-state index contributed by atoms with van der Waals surface area (Å²) >= 11 is 3.31. The van der Waals surface area contributed by atoms with Gasteiger partial charge in [0.2, 0.25) is 0 Å². The molecule has 0 bridgehead atoms. The van der Waals surface area contributed by atoms with Gasteiger partial charge in [0.25, 0.3) is 0 Å². The molecule has 0 saturated carbocycles. The Kier molecular flexibility index (Phi) is 6.01. The molecule has 0 amide bonds. The summed E-state index contributed by atoms with van der Waals surface area (Å²) < 4.78 is 11.1. The maximum atomic E-state index is 11.7. The molecule has 0 aliphatic heterocycles. The molecule has 0 heterocycles. The number of benzene rings is 1. The van der Waals surface area contributed by atoms with Crippen molar-refractivity contribution in [1.82, 2.24) is 0 Å². The van der Waals surface area contributed by atoms with Gasteiger partial charge in [-0.15, -0.1) is 0 Å². The Bertz CT molecular complexity index is 488. The Hall–Kier alpha value is -1.56. The Morgan fingerprint density at radius 3 is 2.65 bits per heavy atom. The Morgan fingerprint density at radius 1 is 1.40 bits per heavy atom. The minimum atomic E-state index is -1.60. The van der Waals surface area contributed by atoms with Crippen LogP contribution in [-0.2, 0) is 14.3 Å². The van der Waals surface area contributed by atoms with Gasteiger partial charge in [-0.25, -0.2) is 0 Å². The monoisotopic (exact) mass is 344 g/mol. The van der Waals surface area contributed by atoms with Gasteiger partial charge in [-0.1, -0.05) is 22.0 Å². The predicted octanol–water partition coefficient (Wildman–Crippen LogP) is 2.87. The zero-order chi connectivity index (χ0) is 15.2. The lowest BCUT2D eigenvalue weighted by atomic mass is 9.87. The van der Waals surface area contributed by atoms with Crippen molar-refractivity contribution in [3.63, 3.8) is 0 Å². The molecule has 0 aromatic heterocycles. The average Bonchev–Trinajstić information content (AvgIpc) is 2.38. The highest BCUT2D eigenvalue weighted by molar-refractivity contribution is 9.10. The van der Waals surface area contributed by atoms with Crippen LogP contribution in [0.1, 0.15) is 20.3 Å². The van der Waals surface area contributed by atoms with Gasteiger partial charge in [0.1, 0.15) is 5.75 Å².